The fraction of sp³-hybridized carbons (Fsp3) is 0.208. The number of carbonyl (C=O) groups excluding carboxylic acids is 1. The Balaban J connectivity index is 1.56. The third-order valence-electron chi connectivity index (χ3n) is 5.81. The number of nitrogen functional groups attached to an aromatic ring is 1. The quantitative estimate of drug-likeness (QED) is 0.432. The molecule has 1 unspecified atom stereocenters. The van der Waals surface area contributed by atoms with Crippen molar-refractivity contribution in [3.05, 3.63) is 59.0 Å². The number of benzene rings is 2. The minimum absolute atomic E-state index is 0.139. The van der Waals surface area contributed by atoms with Gasteiger partial charge >= 0.3 is 0 Å². The number of methoxy groups -OCH3 is 1. The second-order valence-corrected chi connectivity index (χ2v) is 8.78. The van der Waals surface area contributed by atoms with Gasteiger partial charge in [0, 0.05) is 31.3 Å². The van der Waals surface area contributed by atoms with Gasteiger partial charge in [-0.05, 0) is 46.3 Å². The van der Waals surface area contributed by atoms with E-state index in [2.05, 4.69) is 28.4 Å². The number of thiophene rings is 1. The Bertz CT molecular complexity index is 1350. The zero-order valence-corrected chi connectivity index (χ0v) is 18.3. The van der Waals surface area contributed by atoms with Crippen molar-refractivity contribution in [2.75, 3.05) is 26.0 Å². The van der Waals surface area contributed by atoms with Crippen LogP contribution < -0.4 is 5.73 Å². The number of H-pyrrole nitrogens is 1. The molecule has 4 aromatic rings. The predicted octanol–water partition coefficient (Wildman–Crippen LogP) is 4.28. The van der Waals surface area contributed by atoms with Gasteiger partial charge in [0.05, 0.1) is 34.6 Å². The number of nitriles is 1. The maximum absolute atomic E-state index is 13.1. The molecular formula is C24H21N5O2S. The molecule has 0 spiro atoms. The Morgan fingerprint density at radius 3 is 2.97 bits per heavy atom. The molecule has 3 heterocycles. The highest BCUT2D eigenvalue weighted by Gasteiger charge is 2.33. The van der Waals surface area contributed by atoms with Crippen LogP contribution in [0, 0.1) is 17.2 Å². The molecule has 2 aromatic carbocycles. The molecule has 2 aromatic heterocycles. The summed E-state index contributed by atoms with van der Waals surface area (Å²) in [5, 5.41) is 20.1. The summed E-state index contributed by atoms with van der Waals surface area (Å²) < 4.78 is 5.12. The van der Waals surface area contributed by atoms with Crippen LogP contribution in [0.1, 0.15) is 15.9 Å². The maximum atomic E-state index is 13.1. The molecule has 0 saturated heterocycles. The number of carbonyl (C=O) groups is 1. The fourth-order valence-corrected chi connectivity index (χ4v) is 5.03. The van der Waals surface area contributed by atoms with Crippen molar-refractivity contribution >= 4 is 33.8 Å². The highest BCUT2D eigenvalue weighted by atomic mass is 32.1. The van der Waals surface area contributed by atoms with E-state index in [1.54, 1.807) is 29.4 Å². The lowest BCUT2D eigenvalue weighted by Gasteiger charge is -2.18. The highest BCUT2D eigenvalue weighted by Crippen LogP contribution is 2.38. The van der Waals surface area contributed by atoms with Gasteiger partial charge in [-0.25, -0.2) is 0 Å². The zero-order valence-electron chi connectivity index (χ0n) is 17.5. The molecule has 1 aliphatic heterocycles. The number of hydrogen-bond donors (Lipinski definition) is 2. The summed E-state index contributed by atoms with van der Waals surface area (Å²) in [4.78, 5) is 15.9. The second kappa shape index (κ2) is 8.11. The summed E-state index contributed by atoms with van der Waals surface area (Å²) in [6.07, 6.45) is 0. The summed E-state index contributed by atoms with van der Waals surface area (Å²) >= 11 is 1.64. The van der Waals surface area contributed by atoms with E-state index in [0.29, 0.717) is 24.3 Å². The van der Waals surface area contributed by atoms with Gasteiger partial charge in [0.1, 0.15) is 5.69 Å². The number of ether oxygens (including phenoxy) is 1. The van der Waals surface area contributed by atoms with E-state index in [1.165, 1.54) is 0 Å². The fourth-order valence-electron chi connectivity index (χ4n) is 4.30. The number of rotatable bonds is 6. The van der Waals surface area contributed by atoms with Crippen molar-refractivity contribution in [2.45, 2.75) is 6.54 Å². The normalized spacial score (nSPS) is 14.0. The molecule has 0 fully saturated rings. The van der Waals surface area contributed by atoms with Crippen LogP contribution in [0.5, 0.6) is 0 Å². The molecule has 1 aliphatic rings. The van der Waals surface area contributed by atoms with Crippen LogP contribution in [0.25, 0.3) is 32.6 Å². The van der Waals surface area contributed by atoms with Gasteiger partial charge in [0.15, 0.2) is 0 Å². The third kappa shape index (κ3) is 3.32. The number of amides is 1. The SMILES string of the molecule is COCC(C#N)CN1Cc2c(-c3ccc4[nH]nc(-c5cccs5)c4c3)ccc(N)c2C1=O. The molecule has 0 aliphatic carbocycles. The van der Waals surface area contributed by atoms with E-state index < -0.39 is 5.92 Å². The number of aromatic amines is 1. The second-order valence-electron chi connectivity index (χ2n) is 7.83. The number of nitrogens with zero attached hydrogens (tertiary/aromatic N) is 3. The van der Waals surface area contributed by atoms with Crippen LogP contribution >= 0.6 is 11.3 Å². The van der Waals surface area contributed by atoms with Crippen molar-refractivity contribution in [3.8, 4) is 27.8 Å². The van der Waals surface area contributed by atoms with Crippen molar-refractivity contribution in [1.82, 2.24) is 15.1 Å². The smallest absolute Gasteiger partial charge is 0.256 e. The summed E-state index contributed by atoms with van der Waals surface area (Å²) in [5.41, 5.74) is 11.9. The van der Waals surface area contributed by atoms with Crippen molar-refractivity contribution < 1.29 is 9.53 Å². The summed E-state index contributed by atoms with van der Waals surface area (Å²) in [7, 11) is 1.55. The number of nitrogens with two attached hydrogens (primary N) is 1. The van der Waals surface area contributed by atoms with Crippen LogP contribution in [0.2, 0.25) is 0 Å². The molecule has 7 nitrogen and oxygen atoms in total. The molecule has 160 valence electrons. The number of hydrogen-bond acceptors (Lipinski definition) is 6. The number of aromatic nitrogens is 2. The first kappa shape index (κ1) is 20.2. The van der Waals surface area contributed by atoms with Crippen LogP contribution in [-0.2, 0) is 11.3 Å². The van der Waals surface area contributed by atoms with Gasteiger partial charge in [-0.15, -0.1) is 11.3 Å². The molecule has 0 saturated carbocycles. The molecule has 3 N–H and O–H groups in total. The zero-order chi connectivity index (χ0) is 22.2. The van der Waals surface area contributed by atoms with Gasteiger partial charge in [0.2, 0.25) is 0 Å². The molecule has 1 amide bonds. The first-order valence-electron chi connectivity index (χ1n) is 10.2. The number of nitrogens with one attached hydrogen (secondary N) is 1. The van der Waals surface area contributed by atoms with E-state index in [1.807, 2.05) is 29.6 Å². The first-order chi connectivity index (χ1) is 15.6. The minimum Gasteiger partial charge on any atom is -0.398 e. The van der Waals surface area contributed by atoms with Crippen molar-refractivity contribution in [2.24, 2.45) is 5.92 Å². The van der Waals surface area contributed by atoms with Crippen molar-refractivity contribution in [3.63, 3.8) is 0 Å². The Morgan fingerprint density at radius 1 is 1.34 bits per heavy atom. The van der Waals surface area contributed by atoms with Gasteiger partial charge < -0.3 is 15.4 Å². The molecular weight excluding hydrogens is 422 g/mol. The molecule has 8 heteroatoms. The van der Waals surface area contributed by atoms with Crippen LogP contribution in [0.4, 0.5) is 5.69 Å². The average molecular weight is 444 g/mol. The molecule has 32 heavy (non-hydrogen) atoms. The van der Waals surface area contributed by atoms with E-state index in [4.69, 9.17) is 10.5 Å². The standard InChI is InChI=1S/C24H21N5O2S/c1-31-13-14(10-25)11-29-12-18-16(5-6-19(26)22(18)24(29)30)15-4-7-20-17(9-15)23(28-27-20)21-3-2-8-32-21/h2-9,14H,11-13,26H2,1H3,(H,27,28). The van der Waals surface area contributed by atoms with Crippen LogP contribution in [-0.4, -0.2) is 41.3 Å². The maximum Gasteiger partial charge on any atom is 0.256 e. The van der Waals surface area contributed by atoms with E-state index in [9.17, 15) is 10.1 Å². The van der Waals surface area contributed by atoms with Gasteiger partial charge in [-0.3, -0.25) is 9.89 Å². The molecule has 0 radical (unpaired) electrons. The number of fused-ring (bicyclic) bond motifs is 2. The lowest BCUT2D eigenvalue weighted by atomic mass is 9.94. The third-order valence-corrected chi connectivity index (χ3v) is 6.69. The van der Waals surface area contributed by atoms with Gasteiger partial charge in [-0.1, -0.05) is 18.2 Å². The first-order valence-corrected chi connectivity index (χ1v) is 11.1. The van der Waals surface area contributed by atoms with Crippen LogP contribution in [0.3, 0.4) is 0 Å². The van der Waals surface area contributed by atoms with Crippen molar-refractivity contribution in [1.29, 1.82) is 5.26 Å². The Labute approximate surface area is 189 Å². The van der Waals surface area contributed by atoms with Gasteiger partial charge in [-0.2, -0.15) is 10.4 Å². The Kier molecular flexibility index (Phi) is 5.13. The molecule has 0 bridgehead atoms. The highest BCUT2D eigenvalue weighted by molar-refractivity contribution is 7.13. The summed E-state index contributed by atoms with van der Waals surface area (Å²) in [5.74, 6) is -0.530. The lowest BCUT2D eigenvalue weighted by Crippen LogP contribution is -2.31. The predicted molar refractivity (Wildman–Crippen MR) is 125 cm³/mol. The number of anilines is 1. The lowest BCUT2D eigenvalue weighted by molar-refractivity contribution is 0.0732. The monoisotopic (exact) mass is 443 g/mol. The Hall–Kier alpha value is -3.67. The van der Waals surface area contributed by atoms with E-state index in [0.717, 1.165) is 38.2 Å². The van der Waals surface area contributed by atoms with E-state index in [-0.39, 0.29) is 12.5 Å². The summed E-state index contributed by atoms with van der Waals surface area (Å²) in [6.45, 7) is 0.999. The molecule has 5 rings (SSSR count). The Morgan fingerprint density at radius 2 is 2.22 bits per heavy atom. The topological polar surface area (TPSA) is 108 Å². The summed E-state index contributed by atoms with van der Waals surface area (Å²) in [6, 6.07) is 16.2. The van der Waals surface area contributed by atoms with Gasteiger partial charge in [0.25, 0.3) is 5.91 Å². The average Bonchev–Trinajstić information content (AvgIpc) is 3.53. The van der Waals surface area contributed by atoms with E-state index >= 15 is 0 Å². The molecule has 1 atom stereocenters. The van der Waals surface area contributed by atoms with Crippen LogP contribution in [0.15, 0.2) is 47.8 Å². The minimum atomic E-state index is -0.390. The largest absolute Gasteiger partial charge is 0.398 e.